The van der Waals surface area contributed by atoms with Gasteiger partial charge in [0.15, 0.2) is 0 Å². The van der Waals surface area contributed by atoms with Gasteiger partial charge in [-0.2, -0.15) is 0 Å². The average molecular weight is 250 g/mol. The van der Waals surface area contributed by atoms with Crippen LogP contribution in [-0.2, 0) is 10.0 Å². The molecule has 0 unspecified atom stereocenters. The van der Waals surface area contributed by atoms with Gasteiger partial charge >= 0.3 is 0 Å². The fourth-order valence-corrected chi connectivity index (χ4v) is 2.81. The van der Waals surface area contributed by atoms with Gasteiger partial charge in [-0.1, -0.05) is 0 Å². The van der Waals surface area contributed by atoms with Gasteiger partial charge in [-0.15, -0.1) is 11.3 Å². The summed E-state index contributed by atoms with van der Waals surface area (Å²) in [7, 11) is 2.64. The van der Waals surface area contributed by atoms with Crippen LogP contribution in [0.2, 0.25) is 0 Å². The standard InChI is InChI=1S/C8H16N3O2S2/c1-11(2,3)6-4-10-15(12,13)8-9-5-7-14-8/h5,7,10H,4,6H2,1-3H3/q+1. The minimum atomic E-state index is -3.39. The lowest BCUT2D eigenvalue weighted by atomic mass is 10.5. The Labute approximate surface area is 94.4 Å². The highest BCUT2D eigenvalue weighted by atomic mass is 32.2. The fraction of sp³-hybridized carbons (Fsp3) is 0.625. The minimum Gasteiger partial charge on any atom is -0.330 e. The van der Waals surface area contributed by atoms with Crippen LogP contribution in [-0.4, -0.2) is 52.1 Å². The zero-order chi connectivity index (χ0) is 11.5. The maximum absolute atomic E-state index is 11.6. The lowest BCUT2D eigenvalue weighted by Gasteiger charge is -2.23. The Hall–Kier alpha value is -0.500. The third-order valence-electron chi connectivity index (χ3n) is 1.71. The van der Waals surface area contributed by atoms with Crippen LogP contribution >= 0.6 is 11.3 Å². The van der Waals surface area contributed by atoms with Crippen LogP contribution < -0.4 is 4.72 Å². The lowest BCUT2D eigenvalue weighted by Crippen LogP contribution is -2.41. The first-order chi connectivity index (χ1) is 6.81. The van der Waals surface area contributed by atoms with E-state index in [2.05, 4.69) is 9.71 Å². The molecule has 7 heteroatoms. The van der Waals surface area contributed by atoms with Gasteiger partial charge in [0.05, 0.1) is 34.2 Å². The number of aromatic nitrogens is 1. The summed E-state index contributed by atoms with van der Waals surface area (Å²) in [5.41, 5.74) is 0. The summed E-state index contributed by atoms with van der Waals surface area (Å²) in [4.78, 5) is 3.77. The van der Waals surface area contributed by atoms with E-state index < -0.39 is 10.0 Å². The first-order valence-corrected chi connectivity index (χ1v) is 6.87. The van der Waals surface area contributed by atoms with E-state index in [1.807, 2.05) is 21.1 Å². The quantitative estimate of drug-likeness (QED) is 0.756. The van der Waals surface area contributed by atoms with Crippen molar-refractivity contribution in [1.29, 1.82) is 0 Å². The first-order valence-electron chi connectivity index (χ1n) is 4.51. The molecular formula is C8H16N3O2S2+. The molecule has 15 heavy (non-hydrogen) atoms. The van der Waals surface area contributed by atoms with E-state index in [1.54, 1.807) is 5.38 Å². The zero-order valence-electron chi connectivity index (χ0n) is 9.10. The van der Waals surface area contributed by atoms with Crippen LogP contribution in [0.3, 0.4) is 0 Å². The summed E-state index contributed by atoms with van der Waals surface area (Å²) in [6.45, 7) is 1.16. The first kappa shape index (κ1) is 12.6. The minimum absolute atomic E-state index is 0.129. The van der Waals surface area contributed by atoms with Crippen molar-refractivity contribution in [1.82, 2.24) is 9.71 Å². The number of rotatable bonds is 5. The number of hydrogen-bond donors (Lipinski definition) is 1. The Morgan fingerprint density at radius 2 is 2.13 bits per heavy atom. The molecule has 0 atom stereocenters. The van der Waals surface area contributed by atoms with Gasteiger partial charge in [-0.3, -0.25) is 0 Å². The fourth-order valence-electron chi connectivity index (χ4n) is 0.920. The molecular weight excluding hydrogens is 234 g/mol. The molecule has 0 aliphatic rings. The van der Waals surface area contributed by atoms with Crippen molar-refractivity contribution in [3.05, 3.63) is 11.6 Å². The molecule has 1 N–H and O–H groups in total. The van der Waals surface area contributed by atoms with E-state index in [4.69, 9.17) is 0 Å². The summed E-state index contributed by atoms with van der Waals surface area (Å²) in [5, 5.41) is 1.65. The predicted octanol–water partition coefficient (Wildman–Crippen LogP) is 0.128. The molecule has 0 bridgehead atoms. The third-order valence-corrected chi connectivity index (χ3v) is 4.38. The normalized spacial score (nSPS) is 13.0. The lowest BCUT2D eigenvalue weighted by molar-refractivity contribution is -0.869. The average Bonchev–Trinajstić information content (AvgIpc) is 2.52. The van der Waals surface area contributed by atoms with Gasteiger partial charge in [0, 0.05) is 11.6 Å². The number of nitrogens with one attached hydrogen (secondary N) is 1. The second-order valence-corrected chi connectivity index (χ2v) is 7.04. The number of nitrogens with zero attached hydrogens (tertiary/aromatic N) is 2. The van der Waals surface area contributed by atoms with Gasteiger partial charge in [0.1, 0.15) is 0 Å². The van der Waals surface area contributed by atoms with Crippen molar-refractivity contribution < 1.29 is 12.9 Å². The number of sulfonamides is 1. The summed E-state index contributed by atoms with van der Waals surface area (Å²) in [6.07, 6.45) is 1.49. The Bertz CT molecular complexity index is 392. The smallest absolute Gasteiger partial charge is 0.268 e. The van der Waals surface area contributed by atoms with E-state index in [0.29, 0.717) is 6.54 Å². The molecule has 1 aromatic heterocycles. The molecule has 1 heterocycles. The summed E-state index contributed by atoms with van der Waals surface area (Å²) < 4.78 is 26.6. The number of thiazole rings is 1. The van der Waals surface area contributed by atoms with E-state index in [1.165, 1.54) is 6.20 Å². The van der Waals surface area contributed by atoms with Crippen LogP contribution in [0.15, 0.2) is 15.9 Å². The van der Waals surface area contributed by atoms with Crippen LogP contribution in [0.25, 0.3) is 0 Å². The van der Waals surface area contributed by atoms with Gasteiger partial charge in [0.2, 0.25) is 4.34 Å². The summed E-state index contributed by atoms with van der Waals surface area (Å²) >= 11 is 1.12. The molecule has 0 aliphatic heterocycles. The highest BCUT2D eigenvalue weighted by molar-refractivity contribution is 7.91. The van der Waals surface area contributed by atoms with Crippen LogP contribution in [0.5, 0.6) is 0 Å². The van der Waals surface area contributed by atoms with Crippen molar-refractivity contribution >= 4 is 21.4 Å². The van der Waals surface area contributed by atoms with Crippen LogP contribution in [0.4, 0.5) is 0 Å². The van der Waals surface area contributed by atoms with Gasteiger partial charge < -0.3 is 4.48 Å². The number of likely N-dealkylation sites (N-methyl/N-ethyl adjacent to an activating group) is 1. The molecule has 0 fully saturated rings. The molecule has 0 spiro atoms. The molecule has 1 rings (SSSR count). The van der Waals surface area contributed by atoms with E-state index in [0.717, 1.165) is 22.4 Å². The highest BCUT2D eigenvalue weighted by Gasteiger charge is 2.17. The molecule has 0 radical (unpaired) electrons. The van der Waals surface area contributed by atoms with Crippen molar-refractivity contribution in [2.24, 2.45) is 0 Å². The highest BCUT2D eigenvalue weighted by Crippen LogP contribution is 2.10. The predicted molar refractivity (Wildman–Crippen MR) is 60.2 cm³/mol. The molecule has 1 aromatic rings. The topological polar surface area (TPSA) is 59.1 Å². The third kappa shape index (κ3) is 4.25. The van der Waals surface area contributed by atoms with Crippen molar-refractivity contribution in [3.8, 4) is 0 Å². The van der Waals surface area contributed by atoms with Gasteiger partial charge in [-0.25, -0.2) is 18.1 Å². The van der Waals surface area contributed by atoms with E-state index in [-0.39, 0.29) is 4.34 Å². The van der Waals surface area contributed by atoms with Gasteiger partial charge in [-0.05, 0) is 0 Å². The Balaban J connectivity index is 2.53. The van der Waals surface area contributed by atoms with E-state index in [9.17, 15) is 8.42 Å². The molecule has 0 aromatic carbocycles. The second-order valence-electron chi connectivity index (χ2n) is 4.21. The largest absolute Gasteiger partial charge is 0.330 e. The Kier molecular flexibility index (Phi) is 3.82. The summed E-state index contributed by atoms with van der Waals surface area (Å²) in [5.74, 6) is 0. The van der Waals surface area contributed by atoms with Crippen molar-refractivity contribution in [2.75, 3.05) is 34.2 Å². The second kappa shape index (κ2) is 4.56. The van der Waals surface area contributed by atoms with Crippen LogP contribution in [0, 0.1) is 0 Å². The summed E-state index contributed by atoms with van der Waals surface area (Å²) in [6, 6.07) is 0. The number of quaternary nitrogens is 1. The number of hydrogen-bond acceptors (Lipinski definition) is 4. The zero-order valence-corrected chi connectivity index (χ0v) is 10.7. The monoisotopic (exact) mass is 250 g/mol. The molecule has 86 valence electrons. The maximum Gasteiger partial charge on any atom is 0.268 e. The molecule has 0 amide bonds. The molecule has 0 aliphatic carbocycles. The van der Waals surface area contributed by atoms with Crippen molar-refractivity contribution in [2.45, 2.75) is 4.34 Å². The van der Waals surface area contributed by atoms with Crippen LogP contribution in [0.1, 0.15) is 0 Å². The molecule has 5 nitrogen and oxygen atoms in total. The van der Waals surface area contributed by atoms with Gasteiger partial charge in [0.25, 0.3) is 10.0 Å². The Morgan fingerprint density at radius 3 is 2.60 bits per heavy atom. The SMILES string of the molecule is C[N+](C)(C)CCNS(=O)(=O)c1nccs1. The van der Waals surface area contributed by atoms with Crippen molar-refractivity contribution in [3.63, 3.8) is 0 Å². The molecule has 0 saturated heterocycles. The Morgan fingerprint density at radius 1 is 1.47 bits per heavy atom. The maximum atomic E-state index is 11.6. The molecule has 0 saturated carbocycles. The van der Waals surface area contributed by atoms with E-state index >= 15 is 0 Å².